The van der Waals surface area contributed by atoms with Crippen molar-refractivity contribution < 1.29 is 33.6 Å². The molecule has 208 valence electrons. The quantitative estimate of drug-likeness (QED) is 0.442. The van der Waals surface area contributed by atoms with E-state index in [0.717, 1.165) is 31.2 Å². The average Bonchev–Trinajstić information content (AvgIpc) is 2.93. The summed E-state index contributed by atoms with van der Waals surface area (Å²) in [6.45, 7) is 7.40. The number of carbonyl (C=O) groups excluding carboxylic acids is 1. The fourth-order valence-corrected chi connectivity index (χ4v) is 6.04. The van der Waals surface area contributed by atoms with Gasteiger partial charge in [-0.1, -0.05) is 12.8 Å². The van der Waals surface area contributed by atoms with Gasteiger partial charge in [0.25, 0.3) is 5.91 Å². The third kappa shape index (κ3) is 5.37. The van der Waals surface area contributed by atoms with E-state index in [0.29, 0.717) is 67.1 Å². The number of hydrogen-bond donors (Lipinski definition) is 1. The third-order valence-electron chi connectivity index (χ3n) is 7.74. The fourth-order valence-electron chi connectivity index (χ4n) is 6.04. The number of piperidine rings is 1. The van der Waals surface area contributed by atoms with Crippen LogP contribution in [0.4, 0.5) is 0 Å². The first-order valence-electron chi connectivity index (χ1n) is 13.7. The number of nitrogens with zero attached hydrogens (tertiary/aromatic N) is 1. The van der Waals surface area contributed by atoms with Crippen molar-refractivity contribution in [1.82, 2.24) is 4.90 Å². The van der Waals surface area contributed by atoms with Crippen molar-refractivity contribution in [2.24, 2.45) is 5.92 Å². The smallest absolute Gasteiger partial charge is 0.254 e. The zero-order valence-electron chi connectivity index (χ0n) is 23.2. The van der Waals surface area contributed by atoms with Gasteiger partial charge in [-0.25, -0.2) is 0 Å². The Morgan fingerprint density at radius 1 is 0.921 bits per heavy atom. The Balaban J connectivity index is 1.82. The number of amides is 1. The van der Waals surface area contributed by atoms with Crippen molar-refractivity contribution in [3.8, 4) is 28.7 Å². The molecule has 0 spiro atoms. The van der Waals surface area contributed by atoms with Gasteiger partial charge in [-0.05, 0) is 64.3 Å². The predicted octanol–water partition coefficient (Wildman–Crippen LogP) is 5.41. The van der Waals surface area contributed by atoms with E-state index in [1.54, 1.807) is 26.4 Å². The zero-order chi connectivity index (χ0) is 27.3. The van der Waals surface area contributed by atoms with E-state index >= 15 is 0 Å². The maximum absolute atomic E-state index is 14.3. The second-order valence-electron chi connectivity index (χ2n) is 9.86. The molecule has 1 heterocycles. The summed E-state index contributed by atoms with van der Waals surface area (Å²) in [5, 5.41) is 11.7. The summed E-state index contributed by atoms with van der Waals surface area (Å²) in [6.07, 6.45) is 4.10. The minimum Gasteiger partial charge on any atom is -0.497 e. The molecule has 1 saturated carbocycles. The summed E-state index contributed by atoms with van der Waals surface area (Å²) in [4.78, 5) is 16.2. The number of aliphatic hydroxyl groups is 1. The number of hydrogen-bond acceptors (Lipinski definition) is 7. The van der Waals surface area contributed by atoms with E-state index < -0.39 is 5.60 Å². The number of benzene rings is 2. The normalized spacial score (nSPS) is 22.8. The van der Waals surface area contributed by atoms with Gasteiger partial charge in [-0.15, -0.1) is 0 Å². The van der Waals surface area contributed by atoms with Gasteiger partial charge in [0.1, 0.15) is 11.5 Å². The van der Waals surface area contributed by atoms with Crippen molar-refractivity contribution in [3.05, 3.63) is 41.5 Å². The van der Waals surface area contributed by atoms with E-state index in [9.17, 15) is 9.90 Å². The Kier molecular flexibility index (Phi) is 8.92. The molecule has 8 heteroatoms. The van der Waals surface area contributed by atoms with Gasteiger partial charge in [0.05, 0.1) is 45.7 Å². The SMILES string of the molecule is CCOc1cc(C(=O)N2CCC3(O)CCCCC3[C@@H]2c2ccc(OC)cc2OC)cc(OCC)c1OCC. The number of likely N-dealkylation sites (tertiary alicyclic amines) is 1. The van der Waals surface area contributed by atoms with E-state index in [1.807, 2.05) is 43.9 Å². The lowest BCUT2D eigenvalue weighted by Gasteiger charge is -2.52. The molecular weight excluding hydrogens is 486 g/mol. The number of rotatable bonds is 10. The summed E-state index contributed by atoms with van der Waals surface area (Å²) < 4.78 is 28.8. The number of ether oxygens (including phenoxy) is 5. The molecule has 0 bridgehead atoms. The highest BCUT2D eigenvalue weighted by atomic mass is 16.5. The fraction of sp³-hybridized carbons (Fsp3) is 0.567. The van der Waals surface area contributed by atoms with Crippen molar-refractivity contribution in [3.63, 3.8) is 0 Å². The molecule has 1 N–H and O–H groups in total. The van der Waals surface area contributed by atoms with Crippen LogP contribution >= 0.6 is 0 Å². The lowest BCUT2D eigenvalue weighted by atomic mass is 9.66. The van der Waals surface area contributed by atoms with Crippen LogP contribution in [0.25, 0.3) is 0 Å². The largest absolute Gasteiger partial charge is 0.497 e. The molecule has 2 fully saturated rings. The standard InChI is InChI=1S/C30H41NO7/c1-6-36-25-17-20(18-26(37-7-2)28(25)38-8-3)29(32)31-16-15-30(33)14-10-9-11-23(30)27(31)22-13-12-21(34-4)19-24(22)35-5/h12-13,17-19,23,27,33H,6-11,14-16H2,1-5H3/t23?,27-,30?/m0/s1. The van der Waals surface area contributed by atoms with Crippen molar-refractivity contribution in [2.45, 2.75) is 64.5 Å². The van der Waals surface area contributed by atoms with Crippen LogP contribution in [-0.2, 0) is 0 Å². The van der Waals surface area contributed by atoms with Gasteiger partial charge >= 0.3 is 0 Å². The minimum atomic E-state index is -0.823. The van der Waals surface area contributed by atoms with Gasteiger partial charge < -0.3 is 33.7 Å². The molecule has 1 amide bonds. The van der Waals surface area contributed by atoms with Gasteiger partial charge in [0, 0.05) is 29.7 Å². The van der Waals surface area contributed by atoms with Crippen LogP contribution in [0.3, 0.4) is 0 Å². The summed E-state index contributed by atoms with van der Waals surface area (Å²) in [5.74, 6) is 2.51. The molecule has 1 saturated heterocycles. The van der Waals surface area contributed by atoms with E-state index in [2.05, 4.69) is 0 Å². The first kappa shape index (κ1) is 27.9. The first-order valence-corrected chi connectivity index (χ1v) is 13.7. The van der Waals surface area contributed by atoms with Crippen LogP contribution in [-0.4, -0.2) is 62.1 Å². The maximum atomic E-state index is 14.3. The molecule has 2 aliphatic rings. The molecule has 4 rings (SSSR count). The van der Waals surface area contributed by atoms with Crippen LogP contribution in [0, 0.1) is 5.92 Å². The van der Waals surface area contributed by atoms with Gasteiger partial charge in [0.15, 0.2) is 11.5 Å². The highest BCUT2D eigenvalue weighted by Gasteiger charge is 2.51. The molecule has 38 heavy (non-hydrogen) atoms. The van der Waals surface area contributed by atoms with E-state index in [4.69, 9.17) is 23.7 Å². The lowest BCUT2D eigenvalue weighted by molar-refractivity contribution is -0.115. The Labute approximate surface area is 225 Å². The molecule has 1 aliphatic carbocycles. The van der Waals surface area contributed by atoms with Crippen LogP contribution in [0.1, 0.15) is 74.8 Å². The molecule has 2 aromatic carbocycles. The van der Waals surface area contributed by atoms with Crippen molar-refractivity contribution in [2.75, 3.05) is 40.6 Å². The summed E-state index contributed by atoms with van der Waals surface area (Å²) in [6, 6.07) is 8.80. The van der Waals surface area contributed by atoms with Gasteiger partial charge in [-0.3, -0.25) is 4.79 Å². The van der Waals surface area contributed by atoms with E-state index in [1.165, 1.54) is 0 Å². The van der Waals surface area contributed by atoms with Gasteiger partial charge in [0.2, 0.25) is 5.75 Å². The Bertz CT molecular complexity index is 1090. The summed E-state index contributed by atoms with van der Waals surface area (Å²) >= 11 is 0. The predicted molar refractivity (Wildman–Crippen MR) is 145 cm³/mol. The van der Waals surface area contributed by atoms with Crippen molar-refractivity contribution in [1.29, 1.82) is 0 Å². The minimum absolute atomic E-state index is 0.114. The molecule has 0 aromatic heterocycles. The second kappa shape index (κ2) is 12.2. The molecule has 3 atom stereocenters. The summed E-state index contributed by atoms with van der Waals surface area (Å²) in [7, 11) is 3.23. The van der Waals surface area contributed by atoms with Crippen LogP contribution in [0.2, 0.25) is 0 Å². The van der Waals surface area contributed by atoms with E-state index in [-0.39, 0.29) is 17.9 Å². The topological polar surface area (TPSA) is 86.7 Å². The second-order valence-corrected chi connectivity index (χ2v) is 9.86. The maximum Gasteiger partial charge on any atom is 0.254 e. The van der Waals surface area contributed by atoms with Crippen LogP contribution in [0.5, 0.6) is 28.7 Å². The zero-order valence-corrected chi connectivity index (χ0v) is 23.2. The highest BCUT2D eigenvalue weighted by Crippen LogP contribution is 2.52. The van der Waals surface area contributed by atoms with Crippen LogP contribution in [0.15, 0.2) is 30.3 Å². The average molecular weight is 528 g/mol. The molecule has 8 nitrogen and oxygen atoms in total. The number of methoxy groups -OCH3 is 2. The molecule has 1 aliphatic heterocycles. The molecule has 2 aromatic rings. The molecular formula is C30H41NO7. The lowest BCUT2D eigenvalue weighted by Crippen LogP contribution is -2.56. The van der Waals surface area contributed by atoms with Crippen molar-refractivity contribution >= 4 is 5.91 Å². The van der Waals surface area contributed by atoms with Gasteiger partial charge in [-0.2, -0.15) is 0 Å². The Morgan fingerprint density at radius 2 is 1.61 bits per heavy atom. The third-order valence-corrected chi connectivity index (χ3v) is 7.74. The Hall–Kier alpha value is -3.13. The highest BCUT2D eigenvalue weighted by molar-refractivity contribution is 5.96. The van der Waals surface area contributed by atoms with Crippen LogP contribution < -0.4 is 23.7 Å². The number of fused-ring (bicyclic) bond motifs is 1. The first-order chi connectivity index (χ1) is 18.4. The summed E-state index contributed by atoms with van der Waals surface area (Å²) in [5.41, 5.74) is 0.503. The number of carbonyl (C=O) groups is 1. The molecule has 0 radical (unpaired) electrons. The monoisotopic (exact) mass is 527 g/mol. The Morgan fingerprint density at radius 3 is 2.21 bits per heavy atom. The molecule has 2 unspecified atom stereocenters.